The largest absolute Gasteiger partial charge is 0.368 e. The number of hydrogen-bond acceptors (Lipinski definition) is 2. The lowest BCUT2D eigenvalue weighted by Crippen LogP contribution is -2.33. The van der Waals surface area contributed by atoms with E-state index in [4.69, 9.17) is 0 Å². The summed E-state index contributed by atoms with van der Waals surface area (Å²) in [5, 5.41) is 3.37. The van der Waals surface area contributed by atoms with E-state index in [1.807, 2.05) is 6.20 Å². The van der Waals surface area contributed by atoms with E-state index in [0.717, 1.165) is 11.7 Å². The van der Waals surface area contributed by atoms with Crippen LogP contribution in [0.5, 0.6) is 0 Å². The van der Waals surface area contributed by atoms with Crippen LogP contribution in [0.4, 0.5) is 5.82 Å². The number of nitrogens with zero attached hydrogens (tertiary/aromatic N) is 1. The Morgan fingerprint density at radius 1 is 1.64 bits per heavy atom. The van der Waals surface area contributed by atoms with Crippen molar-refractivity contribution in [3.8, 4) is 0 Å². The third-order valence-electron chi connectivity index (χ3n) is 2.23. The zero-order chi connectivity index (χ0) is 7.68. The molecular weight excluding hydrogens is 138 g/mol. The highest BCUT2D eigenvalue weighted by Gasteiger charge is 2.24. The van der Waals surface area contributed by atoms with E-state index < -0.39 is 0 Å². The fourth-order valence-corrected chi connectivity index (χ4v) is 1.57. The van der Waals surface area contributed by atoms with Gasteiger partial charge in [-0.25, -0.2) is 4.98 Å². The van der Waals surface area contributed by atoms with Gasteiger partial charge in [-0.3, -0.25) is 0 Å². The first kappa shape index (κ1) is 6.70. The van der Waals surface area contributed by atoms with E-state index in [2.05, 4.69) is 22.2 Å². The monoisotopic (exact) mass is 151 g/mol. The van der Waals surface area contributed by atoms with Crippen molar-refractivity contribution in [3.63, 3.8) is 0 Å². The Labute approximate surface area is 66.2 Å². The summed E-state index contributed by atoms with van der Waals surface area (Å²) in [6.07, 6.45) is 6.10. The lowest BCUT2D eigenvalue weighted by Gasteiger charge is -2.33. The van der Waals surface area contributed by atoms with E-state index in [0.29, 0.717) is 6.04 Å². The molecule has 0 amide bonds. The number of H-pyrrole nitrogens is 1. The van der Waals surface area contributed by atoms with Crippen LogP contribution in [0.15, 0.2) is 12.5 Å². The fraction of sp³-hybridized carbons (Fsp3) is 0.625. The molecule has 1 aromatic rings. The van der Waals surface area contributed by atoms with Crippen molar-refractivity contribution < 1.29 is 0 Å². The second kappa shape index (κ2) is 2.57. The summed E-state index contributed by atoms with van der Waals surface area (Å²) in [5.41, 5.74) is 0. The highest BCUT2D eigenvalue weighted by molar-refractivity contribution is 5.32. The molecule has 1 aliphatic rings. The predicted molar refractivity (Wildman–Crippen MR) is 44.4 cm³/mol. The topological polar surface area (TPSA) is 40.7 Å². The van der Waals surface area contributed by atoms with E-state index in [1.165, 1.54) is 12.8 Å². The van der Waals surface area contributed by atoms with Gasteiger partial charge in [0.1, 0.15) is 5.82 Å². The molecule has 1 saturated carbocycles. The molecule has 3 nitrogen and oxygen atoms in total. The third kappa shape index (κ3) is 1.37. The van der Waals surface area contributed by atoms with Crippen molar-refractivity contribution in [2.24, 2.45) is 5.92 Å². The number of hydrogen-bond donors (Lipinski definition) is 2. The molecule has 60 valence electrons. The van der Waals surface area contributed by atoms with Gasteiger partial charge in [-0.1, -0.05) is 6.92 Å². The Hall–Kier alpha value is -0.990. The van der Waals surface area contributed by atoms with Gasteiger partial charge in [-0.05, 0) is 18.8 Å². The van der Waals surface area contributed by atoms with Crippen molar-refractivity contribution in [1.82, 2.24) is 9.97 Å². The molecule has 0 bridgehead atoms. The van der Waals surface area contributed by atoms with E-state index in [9.17, 15) is 0 Å². The van der Waals surface area contributed by atoms with Crippen LogP contribution in [-0.4, -0.2) is 16.0 Å². The van der Waals surface area contributed by atoms with Gasteiger partial charge in [0.2, 0.25) is 0 Å². The van der Waals surface area contributed by atoms with E-state index >= 15 is 0 Å². The third-order valence-corrected chi connectivity index (χ3v) is 2.23. The summed E-state index contributed by atoms with van der Waals surface area (Å²) in [6, 6.07) is 0.672. The van der Waals surface area contributed by atoms with Crippen LogP contribution in [0.3, 0.4) is 0 Å². The predicted octanol–water partition coefficient (Wildman–Crippen LogP) is 1.62. The van der Waals surface area contributed by atoms with Crippen LogP contribution in [0.1, 0.15) is 19.8 Å². The van der Waals surface area contributed by atoms with Crippen molar-refractivity contribution >= 4 is 5.82 Å². The summed E-state index contributed by atoms with van der Waals surface area (Å²) in [6.45, 7) is 2.28. The lowest BCUT2D eigenvalue weighted by atomic mass is 9.82. The van der Waals surface area contributed by atoms with Crippen molar-refractivity contribution in [2.45, 2.75) is 25.8 Å². The van der Waals surface area contributed by atoms with Gasteiger partial charge >= 0.3 is 0 Å². The first-order chi connectivity index (χ1) is 5.34. The maximum Gasteiger partial charge on any atom is 0.123 e. The van der Waals surface area contributed by atoms with E-state index in [-0.39, 0.29) is 0 Å². The van der Waals surface area contributed by atoms with Gasteiger partial charge in [-0.15, -0.1) is 0 Å². The molecule has 1 aliphatic carbocycles. The molecule has 1 heterocycles. The normalized spacial score (nSPS) is 29.5. The summed E-state index contributed by atoms with van der Waals surface area (Å²) >= 11 is 0. The number of aromatic nitrogens is 2. The average Bonchev–Trinajstić information content (AvgIpc) is 2.36. The molecule has 2 N–H and O–H groups in total. The Morgan fingerprint density at radius 3 is 3.00 bits per heavy atom. The second-order valence-electron chi connectivity index (χ2n) is 3.38. The molecule has 0 atom stereocenters. The highest BCUT2D eigenvalue weighted by atomic mass is 15.1. The van der Waals surface area contributed by atoms with E-state index in [1.54, 1.807) is 6.33 Å². The zero-order valence-corrected chi connectivity index (χ0v) is 6.67. The van der Waals surface area contributed by atoms with Gasteiger partial charge in [0.05, 0.1) is 12.5 Å². The molecule has 0 aromatic carbocycles. The minimum atomic E-state index is 0.672. The van der Waals surface area contributed by atoms with Gasteiger partial charge in [0, 0.05) is 6.04 Å². The van der Waals surface area contributed by atoms with Crippen LogP contribution in [-0.2, 0) is 0 Å². The molecule has 0 unspecified atom stereocenters. The van der Waals surface area contributed by atoms with Crippen LogP contribution >= 0.6 is 0 Å². The van der Waals surface area contributed by atoms with Crippen LogP contribution in [0.2, 0.25) is 0 Å². The minimum Gasteiger partial charge on any atom is -0.368 e. The molecule has 0 saturated heterocycles. The number of aromatic amines is 1. The summed E-state index contributed by atoms with van der Waals surface area (Å²) in [4.78, 5) is 6.96. The quantitative estimate of drug-likeness (QED) is 0.674. The van der Waals surface area contributed by atoms with Crippen LogP contribution in [0.25, 0.3) is 0 Å². The molecule has 1 fully saturated rings. The molecule has 2 rings (SSSR count). The maximum absolute atomic E-state index is 3.93. The fourth-order valence-electron chi connectivity index (χ4n) is 1.57. The number of nitrogens with one attached hydrogen (secondary N) is 2. The first-order valence-corrected chi connectivity index (χ1v) is 4.09. The highest BCUT2D eigenvalue weighted by Crippen LogP contribution is 2.28. The van der Waals surface area contributed by atoms with Crippen molar-refractivity contribution in [3.05, 3.63) is 12.5 Å². The van der Waals surface area contributed by atoms with Crippen molar-refractivity contribution in [1.29, 1.82) is 0 Å². The Bertz CT molecular complexity index is 211. The molecule has 0 radical (unpaired) electrons. The molecule has 11 heavy (non-hydrogen) atoms. The molecule has 0 aliphatic heterocycles. The van der Waals surface area contributed by atoms with Gasteiger partial charge in [0.15, 0.2) is 0 Å². The molecule has 1 aromatic heterocycles. The number of imidazole rings is 1. The smallest absolute Gasteiger partial charge is 0.123 e. The SMILES string of the molecule is CC1CC(Nc2cnc[nH]2)C1. The number of rotatable bonds is 2. The Morgan fingerprint density at radius 2 is 2.45 bits per heavy atom. The summed E-state index contributed by atoms with van der Waals surface area (Å²) < 4.78 is 0. The van der Waals surface area contributed by atoms with Crippen LogP contribution < -0.4 is 5.32 Å². The molecule has 0 spiro atoms. The maximum atomic E-state index is 3.93. The zero-order valence-electron chi connectivity index (χ0n) is 6.67. The van der Waals surface area contributed by atoms with Gasteiger partial charge in [-0.2, -0.15) is 0 Å². The standard InChI is InChI=1S/C8H13N3/c1-6-2-7(3-6)11-8-4-9-5-10-8/h4-7,11H,2-3H2,1H3,(H,9,10). The lowest BCUT2D eigenvalue weighted by molar-refractivity contribution is 0.308. The molecule has 3 heteroatoms. The average molecular weight is 151 g/mol. The minimum absolute atomic E-state index is 0.672. The van der Waals surface area contributed by atoms with Gasteiger partial charge < -0.3 is 10.3 Å². The summed E-state index contributed by atoms with van der Waals surface area (Å²) in [5.74, 6) is 1.94. The first-order valence-electron chi connectivity index (χ1n) is 4.09. The van der Waals surface area contributed by atoms with Crippen LogP contribution in [0, 0.1) is 5.92 Å². The Kier molecular flexibility index (Phi) is 1.56. The van der Waals surface area contributed by atoms with Crippen molar-refractivity contribution in [2.75, 3.05) is 5.32 Å². The second-order valence-corrected chi connectivity index (χ2v) is 3.38. The van der Waals surface area contributed by atoms with Gasteiger partial charge in [0.25, 0.3) is 0 Å². The molecular formula is C8H13N3. The number of anilines is 1. The summed E-state index contributed by atoms with van der Waals surface area (Å²) in [7, 11) is 0. The Balaban J connectivity index is 1.84.